The van der Waals surface area contributed by atoms with Crippen LogP contribution in [0.5, 0.6) is 0 Å². The summed E-state index contributed by atoms with van der Waals surface area (Å²) in [7, 11) is 0. The lowest BCUT2D eigenvalue weighted by atomic mass is 9.98. The van der Waals surface area contributed by atoms with E-state index in [1.54, 1.807) is 25.1 Å². The van der Waals surface area contributed by atoms with Crippen LogP contribution in [0.1, 0.15) is 35.9 Å². The summed E-state index contributed by atoms with van der Waals surface area (Å²) in [6.07, 6.45) is 1.97. The van der Waals surface area contributed by atoms with Crippen molar-refractivity contribution < 1.29 is 9.32 Å². The van der Waals surface area contributed by atoms with Crippen molar-refractivity contribution >= 4 is 29.1 Å². The Bertz CT molecular complexity index is 740. The van der Waals surface area contributed by atoms with Gasteiger partial charge in [-0.2, -0.15) is 0 Å². The predicted molar refractivity (Wildman–Crippen MR) is 94.6 cm³/mol. The van der Waals surface area contributed by atoms with E-state index >= 15 is 0 Å². The van der Waals surface area contributed by atoms with Gasteiger partial charge in [-0.15, -0.1) is 0 Å². The second-order valence-electron chi connectivity index (χ2n) is 6.02. The summed E-state index contributed by atoms with van der Waals surface area (Å²) in [6, 6.07) is 5.45. The van der Waals surface area contributed by atoms with Gasteiger partial charge < -0.3 is 15.2 Å². The van der Waals surface area contributed by atoms with Gasteiger partial charge in [0.15, 0.2) is 0 Å². The average molecular weight is 368 g/mol. The van der Waals surface area contributed by atoms with E-state index < -0.39 is 0 Å². The third-order valence-electron chi connectivity index (χ3n) is 4.37. The van der Waals surface area contributed by atoms with Crippen LogP contribution in [0.2, 0.25) is 10.0 Å². The first-order valence-electron chi connectivity index (χ1n) is 7.94. The normalized spacial score (nSPS) is 20.8. The van der Waals surface area contributed by atoms with Crippen molar-refractivity contribution in [2.45, 2.75) is 38.8 Å². The zero-order valence-corrected chi connectivity index (χ0v) is 15.0. The summed E-state index contributed by atoms with van der Waals surface area (Å²) in [4.78, 5) is 12.8. The number of benzene rings is 1. The van der Waals surface area contributed by atoms with E-state index in [0.29, 0.717) is 32.6 Å². The number of carbonyl (C=O) groups is 1. The van der Waals surface area contributed by atoms with Crippen LogP contribution in [0, 0.1) is 6.92 Å². The van der Waals surface area contributed by atoms with Crippen LogP contribution in [0.25, 0.3) is 11.3 Å². The third-order valence-corrected chi connectivity index (χ3v) is 5.00. The van der Waals surface area contributed by atoms with Crippen LogP contribution >= 0.6 is 23.2 Å². The van der Waals surface area contributed by atoms with Gasteiger partial charge >= 0.3 is 0 Å². The second-order valence-corrected chi connectivity index (χ2v) is 6.84. The lowest BCUT2D eigenvalue weighted by Crippen LogP contribution is -2.52. The van der Waals surface area contributed by atoms with Crippen LogP contribution in [-0.4, -0.2) is 29.7 Å². The molecule has 0 aliphatic carbocycles. The molecule has 2 heterocycles. The van der Waals surface area contributed by atoms with Gasteiger partial charge in [0, 0.05) is 17.6 Å². The summed E-state index contributed by atoms with van der Waals surface area (Å²) < 4.78 is 5.25. The molecular weight excluding hydrogens is 349 g/mol. The molecule has 128 valence electrons. The van der Waals surface area contributed by atoms with E-state index in [1.165, 1.54) is 0 Å². The molecule has 2 N–H and O–H groups in total. The van der Waals surface area contributed by atoms with Gasteiger partial charge in [-0.05, 0) is 45.4 Å². The molecule has 1 saturated heterocycles. The van der Waals surface area contributed by atoms with E-state index in [1.807, 2.05) is 0 Å². The van der Waals surface area contributed by atoms with Gasteiger partial charge in [0.2, 0.25) is 0 Å². The largest absolute Gasteiger partial charge is 0.360 e. The second kappa shape index (κ2) is 7.13. The van der Waals surface area contributed by atoms with E-state index in [9.17, 15) is 4.79 Å². The zero-order chi connectivity index (χ0) is 17.3. The van der Waals surface area contributed by atoms with E-state index in [2.05, 4.69) is 22.7 Å². The van der Waals surface area contributed by atoms with Crippen molar-refractivity contribution in [3.63, 3.8) is 0 Å². The fourth-order valence-electron chi connectivity index (χ4n) is 3.02. The van der Waals surface area contributed by atoms with Gasteiger partial charge in [0.05, 0.1) is 10.0 Å². The number of aromatic nitrogens is 1. The number of hydrogen-bond acceptors (Lipinski definition) is 4. The SMILES string of the molecule is Cc1onc(-c2c(Cl)cccc2Cl)c1C(=O)NC1CCCNC1C. The lowest BCUT2D eigenvalue weighted by molar-refractivity contribution is 0.0919. The number of halogens is 2. The van der Waals surface area contributed by atoms with Crippen LogP contribution in [0.15, 0.2) is 22.7 Å². The van der Waals surface area contributed by atoms with Gasteiger partial charge in [-0.25, -0.2) is 0 Å². The van der Waals surface area contributed by atoms with Crippen LogP contribution in [-0.2, 0) is 0 Å². The van der Waals surface area contributed by atoms with Crippen molar-refractivity contribution in [1.82, 2.24) is 15.8 Å². The number of amides is 1. The highest BCUT2D eigenvalue weighted by Gasteiger charge is 2.28. The summed E-state index contributed by atoms with van der Waals surface area (Å²) in [6.45, 7) is 4.75. The first-order chi connectivity index (χ1) is 11.5. The predicted octanol–water partition coefficient (Wildman–Crippen LogP) is 3.83. The van der Waals surface area contributed by atoms with Gasteiger partial charge in [-0.3, -0.25) is 4.79 Å². The molecule has 7 heteroatoms. The summed E-state index contributed by atoms with van der Waals surface area (Å²) in [5, 5.41) is 11.3. The lowest BCUT2D eigenvalue weighted by Gasteiger charge is -2.30. The number of hydrogen-bond donors (Lipinski definition) is 2. The van der Waals surface area contributed by atoms with Crippen molar-refractivity contribution in [2.75, 3.05) is 6.54 Å². The highest BCUT2D eigenvalue weighted by atomic mass is 35.5. The molecule has 5 nitrogen and oxygen atoms in total. The fourth-order valence-corrected chi connectivity index (χ4v) is 3.59. The monoisotopic (exact) mass is 367 g/mol. The molecule has 1 aliphatic rings. The molecule has 0 saturated carbocycles. The number of aryl methyl sites for hydroxylation is 1. The standard InChI is InChI=1S/C17H19Cl2N3O2/c1-9-13(7-4-8-20-9)21-17(23)14-10(2)24-22-16(14)15-11(18)5-3-6-12(15)19/h3,5-6,9,13,20H,4,7-8H2,1-2H3,(H,21,23). The molecule has 1 aromatic heterocycles. The Morgan fingerprint density at radius 2 is 2.08 bits per heavy atom. The molecule has 1 amide bonds. The minimum absolute atomic E-state index is 0.0649. The molecule has 0 bridgehead atoms. The third kappa shape index (κ3) is 3.29. The maximum Gasteiger partial charge on any atom is 0.257 e. The Labute approximate surface area is 150 Å². The molecular formula is C17H19Cl2N3O2. The van der Waals surface area contributed by atoms with E-state index in [0.717, 1.165) is 19.4 Å². The topological polar surface area (TPSA) is 67.2 Å². The Kier molecular flexibility index (Phi) is 5.13. The van der Waals surface area contributed by atoms with Crippen LogP contribution in [0.3, 0.4) is 0 Å². The molecule has 24 heavy (non-hydrogen) atoms. The van der Waals surface area contributed by atoms with E-state index in [-0.39, 0.29) is 18.0 Å². The minimum Gasteiger partial charge on any atom is -0.360 e. The maximum absolute atomic E-state index is 12.8. The minimum atomic E-state index is -0.222. The summed E-state index contributed by atoms with van der Waals surface area (Å²) in [5.74, 6) is 0.218. The van der Waals surface area contributed by atoms with Crippen molar-refractivity contribution in [2.24, 2.45) is 0 Å². The molecule has 2 atom stereocenters. The molecule has 1 fully saturated rings. The molecule has 0 spiro atoms. The summed E-state index contributed by atoms with van der Waals surface area (Å²) >= 11 is 12.5. The van der Waals surface area contributed by atoms with Gasteiger partial charge in [0.1, 0.15) is 17.0 Å². The number of nitrogens with one attached hydrogen (secondary N) is 2. The number of piperidine rings is 1. The van der Waals surface area contributed by atoms with Crippen molar-refractivity contribution in [3.05, 3.63) is 39.6 Å². The van der Waals surface area contributed by atoms with Crippen LogP contribution < -0.4 is 10.6 Å². The maximum atomic E-state index is 12.8. The molecule has 2 unspecified atom stereocenters. The Morgan fingerprint density at radius 3 is 2.75 bits per heavy atom. The molecule has 2 aromatic rings. The molecule has 1 aliphatic heterocycles. The van der Waals surface area contributed by atoms with Crippen molar-refractivity contribution in [1.29, 1.82) is 0 Å². The first kappa shape index (κ1) is 17.3. The highest BCUT2D eigenvalue weighted by molar-refractivity contribution is 6.39. The van der Waals surface area contributed by atoms with Crippen LogP contribution in [0.4, 0.5) is 0 Å². The molecule has 1 aromatic carbocycles. The quantitative estimate of drug-likeness (QED) is 0.864. The van der Waals surface area contributed by atoms with E-state index in [4.69, 9.17) is 27.7 Å². The number of carbonyl (C=O) groups excluding carboxylic acids is 1. The Morgan fingerprint density at radius 1 is 1.38 bits per heavy atom. The molecule has 3 rings (SSSR count). The summed E-state index contributed by atoms with van der Waals surface area (Å²) in [5.41, 5.74) is 1.26. The highest BCUT2D eigenvalue weighted by Crippen LogP contribution is 2.36. The first-order valence-corrected chi connectivity index (χ1v) is 8.69. The fraction of sp³-hybridized carbons (Fsp3) is 0.412. The van der Waals surface area contributed by atoms with Gasteiger partial charge in [0.25, 0.3) is 5.91 Å². The molecule has 0 radical (unpaired) electrons. The van der Waals surface area contributed by atoms with Gasteiger partial charge in [-0.1, -0.05) is 34.4 Å². The number of rotatable bonds is 3. The Balaban J connectivity index is 1.94. The zero-order valence-electron chi connectivity index (χ0n) is 13.5. The Hall–Kier alpha value is -1.56. The smallest absolute Gasteiger partial charge is 0.257 e. The van der Waals surface area contributed by atoms with Crippen molar-refractivity contribution in [3.8, 4) is 11.3 Å². The number of nitrogens with zero attached hydrogens (tertiary/aromatic N) is 1. The average Bonchev–Trinajstić information content (AvgIpc) is 2.91.